The van der Waals surface area contributed by atoms with E-state index in [1.807, 2.05) is 4.90 Å². The van der Waals surface area contributed by atoms with Crippen molar-refractivity contribution in [2.24, 2.45) is 5.92 Å². The van der Waals surface area contributed by atoms with Crippen molar-refractivity contribution >= 4 is 12.0 Å². The molecule has 0 saturated carbocycles. The van der Waals surface area contributed by atoms with Crippen LogP contribution in [0.5, 0.6) is 0 Å². The quantitative estimate of drug-likeness (QED) is 0.832. The number of amides is 2. The van der Waals surface area contributed by atoms with Crippen LogP contribution in [0.25, 0.3) is 0 Å². The molecule has 0 aromatic rings. The van der Waals surface area contributed by atoms with Crippen molar-refractivity contribution in [1.29, 1.82) is 0 Å². The van der Waals surface area contributed by atoms with Crippen LogP contribution in [-0.2, 0) is 9.53 Å². The van der Waals surface area contributed by atoms with Gasteiger partial charge in [-0.25, -0.2) is 4.79 Å². The van der Waals surface area contributed by atoms with Gasteiger partial charge >= 0.3 is 12.0 Å². The standard InChI is InChI=1S/C14H24N2O4/c1-10-6-4-3-5-7-16(10)14(19)15(2)12-9-20-8-11(12)13(17)18/h10-12H,3-9H2,1-2H3,(H,17,18). The van der Waals surface area contributed by atoms with Crippen molar-refractivity contribution in [3.8, 4) is 0 Å². The summed E-state index contributed by atoms with van der Waals surface area (Å²) in [6, 6.07) is -0.213. The zero-order chi connectivity index (χ0) is 14.7. The highest BCUT2D eigenvalue weighted by Gasteiger charge is 2.40. The van der Waals surface area contributed by atoms with Crippen molar-refractivity contribution in [2.75, 3.05) is 26.8 Å². The summed E-state index contributed by atoms with van der Waals surface area (Å²) in [5.41, 5.74) is 0. The number of carboxylic acid groups (broad SMARTS) is 1. The first kappa shape index (κ1) is 15.1. The third kappa shape index (κ3) is 3.06. The van der Waals surface area contributed by atoms with Gasteiger partial charge in [-0.2, -0.15) is 0 Å². The summed E-state index contributed by atoms with van der Waals surface area (Å²) in [7, 11) is 1.69. The van der Waals surface area contributed by atoms with E-state index in [9.17, 15) is 14.7 Å². The molecule has 0 aromatic carbocycles. The summed E-state index contributed by atoms with van der Waals surface area (Å²) in [6.45, 7) is 3.32. The highest BCUT2D eigenvalue weighted by Crippen LogP contribution is 2.23. The van der Waals surface area contributed by atoms with Gasteiger partial charge < -0.3 is 19.6 Å². The maximum atomic E-state index is 12.6. The van der Waals surface area contributed by atoms with Crippen LogP contribution in [0.15, 0.2) is 0 Å². The lowest BCUT2D eigenvalue weighted by molar-refractivity contribution is -0.142. The lowest BCUT2D eigenvalue weighted by Crippen LogP contribution is -2.52. The van der Waals surface area contributed by atoms with Crippen LogP contribution >= 0.6 is 0 Å². The second kappa shape index (κ2) is 6.43. The Bertz CT molecular complexity index is 374. The third-order valence-corrected chi connectivity index (χ3v) is 4.47. The fourth-order valence-electron chi connectivity index (χ4n) is 3.06. The van der Waals surface area contributed by atoms with Gasteiger partial charge in [0, 0.05) is 19.6 Å². The molecule has 2 rings (SSSR count). The van der Waals surface area contributed by atoms with Gasteiger partial charge in [0.05, 0.1) is 19.3 Å². The zero-order valence-electron chi connectivity index (χ0n) is 12.2. The van der Waals surface area contributed by atoms with Crippen LogP contribution in [0.4, 0.5) is 4.79 Å². The highest BCUT2D eigenvalue weighted by molar-refractivity contribution is 5.77. The maximum Gasteiger partial charge on any atom is 0.320 e. The SMILES string of the molecule is CC1CCCCCN1C(=O)N(C)C1COCC1C(=O)O. The van der Waals surface area contributed by atoms with Gasteiger partial charge in [-0.15, -0.1) is 0 Å². The summed E-state index contributed by atoms with van der Waals surface area (Å²) >= 11 is 0. The third-order valence-electron chi connectivity index (χ3n) is 4.47. The Labute approximate surface area is 119 Å². The molecule has 0 radical (unpaired) electrons. The molecule has 2 aliphatic rings. The monoisotopic (exact) mass is 284 g/mol. The van der Waals surface area contributed by atoms with E-state index in [2.05, 4.69) is 6.92 Å². The van der Waals surface area contributed by atoms with Gasteiger partial charge in [0.15, 0.2) is 0 Å². The van der Waals surface area contributed by atoms with Crippen LogP contribution < -0.4 is 0 Å². The number of carbonyl (C=O) groups is 2. The number of urea groups is 1. The molecule has 1 N–H and O–H groups in total. The Morgan fingerprint density at radius 1 is 1.25 bits per heavy atom. The fraction of sp³-hybridized carbons (Fsp3) is 0.857. The molecule has 0 spiro atoms. The molecule has 6 heteroatoms. The Morgan fingerprint density at radius 3 is 2.70 bits per heavy atom. The first-order valence-electron chi connectivity index (χ1n) is 7.36. The second-order valence-electron chi connectivity index (χ2n) is 5.83. The molecule has 2 fully saturated rings. The van der Waals surface area contributed by atoms with Crippen LogP contribution in [0, 0.1) is 5.92 Å². The number of rotatable bonds is 2. The largest absolute Gasteiger partial charge is 0.481 e. The molecule has 2 saturated heterocycles. The van der Waals surface area contributed by atoms with Crippen molar-refractivity contribution in [1.82, 2.24) is 9.80 Å². The van der Waals surface area contributed by atoms with Crippen LogP contribution in [0.2, 0.25) is 0 Å². The van der Waals surface area contributed by atoms with E-state index < -0.39 is 11.9 Å². The van der Waals surface area contributed by atoms with E-state index in [-0.39, 0.29) is 24.7 Å². The number of carbonyl (C=O) groups excluding carboxylic acids is 1. The minimum absolute atomic E-state index is 0.0684. The van der Waals surface area contributed by atoms with Gasteiger partial charge in [-0.05, 0) is 19.8 Å². The molecule has 114 valence electrons. The van der Waals surface area contributed by atoms with E-state index >= 15 is 0 Å². The number of hydrogen-bond acceptors (Lipinski definition) is 3. The first-order chi connectivity index (χ1) is 9.52. The van der Waals surface area contributed by atoms with Crippen molar-refractivity contribution < 1.29 is 19.4 Å². The molecule has 2 aliphatic heterocycles. The zero-order valence-corrected chi connectivity index (χ0v) is 12.2. The highest BCUT2D eigenvalue weighted by atomic mass is 16.5. The van der Waals surface area contributed by atoms with Crippen molar-refractivity contribution in [3.63, 3.8) is 0 Å². The number of aliphatic carboxylic acids is 1. The summed E-state index contributed by atoms with van der Waals surface area (Å²) in [5.74, 6) is -1.51. The minimum atomic E-state index is -0.893. The number of hydrogen-bond donors (Lipinski definition) is 1. The average Bonchev–Trinajstić information content (AvgIpc) is 2.81. The van der Waals surface area contributed by atoms with Gasteiger partial charge in [0.1, 0.15) is 5.92 Å². The molecular formula is C14H24N2O4. The summed E-state index contributed by atoms with van der Waals surface area (Å²) in [5, 5.41) is 9.19. The van der Waals surface area contributed by atoms with E-state index in [4.69, 9.17) is 4.74 Å². The number of carboxylic acids is 1. The molecule has 0 aliphatic carbocycles. The molecule has 3 unspecified atom stereocenters. The summed E-state index contributed by atoms with van der Waals surface area (Å²) < 4.78 is 5.25. The van der Waals surface area contributed by atoms with E-state index in [0.29, 0.717) is 6.61 Å². The number of likely N-dealkylation sites (N-methyl/N-ethyl adjacent to an activating group) is 1. The normalized spacial score (nSPS) is 30.9. The second-order valence-corrected chi connectivity index (χ2v) is 5.83. The molecule has 2 amide bonds. The Morgan fingerprint density at radius 2 is 2.00 bits per heavy atom. The molecule has 0 bridgehead atoms. The number of likely N-dealkylation sites (tertiary alicyclic amines) is 1. The Kier molecular flexibility index (Phi) is 4.86. The van der Waals surface area contributed by atoms with Gasteiger partial charge in [-0.3, -0.25) is 4.79 Å². The molecule has 6 nitrogen and oxygen atoms in total. The average molecular weight is 284 g/mol. The molecule has 0 aromatic heterocycles. The van der Waals surface area contributed by atoms with Crippen molar-refractivity contribution in [3.05, 3.63) is 0 Å². The Hall–Kier alpha value is -1.30. The van der Waals surface area contributed by atoms with Gasteiger partial charge in [-0.1, -0.05) is 12.8 Å². The fourth-order valence-corrected chi connectivity index (χ4v) is 3.06. The Balaban J connectivity index is 2.05. The number of ether oxygens (including phenoxy) is 1. The predicted octanol–water partition coefficient (Wildman–Crippen LogP) is 1.40. The van der Waals surface area contributed by atoms with E-state index in [1.54, 1.807) is 11.9 Å². The smallest absolute Gasteiger partial charge is 0.320 e. The first-order valence-corrected chi connectivity index (χ1v) is 7.36. The van der Waals surface area contributed by atoms with E-state index in [1.165, 1.54) is 0 Å². The molecule has 2 heterocycles. The molecular weight excluding hydrogens is 260 g/mol. The lowest BCUT2D eigenvalue weighted by Gasteiger charge is -2.35. The summed E-state index contributed by atoms with van der Waals surface area (Å²) in [4.78, 5) is 27.3. The predicted molar refractivity (Wildman–Crippen MR) is 73.5 cm³/mol. The van der Waals surface area contributed by atoms with Gasteiger partial charge in [0.25, 0.3) is 0 Å². The van der Waals surface area contributed by atoms with Crippen LogP contribution in [0.1, 0.15) is 32.6 Å². The maximum absolute atomic E-state index is 12.6. The van der Waals surface area contributed by atoms with E-state index in [0.717, 1.165) is 32.2 Å². The molecule has 20 heavy (non-hydrogen) atoms. The minimum Gasteiger partial charge on any atom is -0.481 e. The van der Waals surface area contributed by atoms with Crippen molar-refractivity contribution in [2.45, 2.75) is 44.7 Å². The van der Waals surface area contributed by atoms with Gasteiger partial charge in [0.2, 0.25) is 0 Å². The topological polar surface area (TPSA) is 70.1 Å². The number of nitrogens with zero attached hydrogens (tertiary/aromatic N) is 2. The summed E-state index contributed by atoms with van der Waals surface area (Å²) in [6.07, 6.45) is 4.34. The van der Waals surface area contributed by atoms with Crippen LogP contribution in [0.3, 0.4) is 0 Å². The lowest BCUT2D eigenvalue weighted by atomic mass is 10.0. The van der Waals surface area contributed by atoms with Crippen LogP contribution in [-0.4, -0.2) is 65.8 Å². The molecule has 3 atom stereocenters.